The molecule has 0 spiro atoms. The minimum absolute atomic E-state index is 0.610. The zero-order chi connectivity index (χ0) is 39.8. The zero-order valence-corrected chi connectivity index (χ0v) is 35.3. The van der Waals surface area contributed by atoms with E-state index >= 15 is 0 Å². The van der Waals surface area contributed by atoms with Crippen LogP contribution in [0.1, 0.15) is 135 Å². The maximum atomic E-state index is 7.05. The molecule has 2 heteroatoms. The van der Waals surface area contributed by atoms with Crippen molar-refractivity contribution in [1.82, 2.24) is 0 Å². The lowest BCUT2D eigenvalue weighted by Gasteiger charge is -2.36. The fourth-order valence-corrected chi connectivity index (χ4v) is 9.05. The van der Waals surface area contributed by atoms with Crippen molar-refractivity contribution >= 4 is 0 Å². The minimum atomic E-state index is -0.610. The van der Waals surface area contributed by atoms with E-state index in [1.54, 1.807) is 0 Å². The van der Waals surface area contributed by atoms with Gasteiger partial charge in [-0.25, -0.2) is 0 Å². The average Bonchev–Trinajstić information content (AvgIpc) is 3.50. The summed E-state index contributed by atoms with van der Waals surface area (Å²) in [5, 5.41) is 0. The number of fused-ring (bicyclic) bond motifs is 3. The Morgan fingerprint density at radius 3 is 1.19 bits per heavy atom. The van der Waals surface area contributed by atoms with Gasteiger partial charge in [0.2, 0.25) is 0 Å². The highest BCUT2D eigenvalue weighted by atomic mass is 16.5. The lowest BCUT2D eigenvalue weighted by atomic mass is 9.66. The van der Waals surface area contributed by atoms with Crippen molar-refractivity contribution in [2.45, 2.75) is 124 Å². The van der Waals surface area contributed by atoms with Crippen molar-refractivity contribution in [3.8, 4) is 34.1 Å². The average molecular weight is 755 g/mol. The number of hydrogen-bond donors (Lipinski definition) is 0. The number of benzene rings is 6. The first kappa shape index (κ1) is 40.1. The highest BCUT2D eigenvalue weighted by Crippen LogP contribution is 2.58. The lowest BCUT2D eigenvalue weighted by molar-refractivity contribution is 0.470. The summed E-state index contributed by atoms with van der Waals surface area (Å²) in [7, 11) is 0. The molecule has 0 aliphatic heterocycles. The molecule has 7 rings (SSSR count). The molecule has 0 saturated heterocycles. The molecular weight excluding hydrogens is 693 g/mol. The molecule has 2 nitrogen and oxygen atoms in total. The van der Waals surface area contributed by atoms with Gasteiger partial charge in [-0.3, -0.25) is 0 Å². The van der Waals surface area contributed by atoms with Crippen molar-refractivity contribution in [2.24, 2.45) is 0 Å². The van der Waals surface area contributed by atoms with Gasteiger partial charge < -0.3 is 9.47 Å². The largest absolute Gasteiger partial charge is 0.457 e. The third kappa shape index (κ3) is 8.33. The first-order chi connectivity index (χ1) is 27.9. The molecule has 1 aliphatic carbocycles. The molecule has 0 heterocycles. The van der Waals surface area contributed by atoms with Gasteiger partial charge in [0.1, 0.15) is 23.0 Å². The summed E-state index contributed by atoms with van der Waals surface area (Å²) < 4.78 is 14.1. The summed E-state index contributed by atoms with van der Waals surface area (Å²) >= 11 is 0. The Morgan fingerprint density at radius 1 is 0.421 bits per heavy atom. The van der Waals surface area contributed by atoms with Crippen LogP contribution in [0.3, 0.4) is 0 Å². The van der Waals surface area contributed by atoms with E-state index in [0.717, 1.165) is 100 Å². The molecule has 1 aliphatic rings. The van der Waals surface area contributed by atoms with Crippen molar-refractivity contribution in [3.05, 3.63) is 177 Å². The first-order valence-electron chi connectivity index (χ1n) is 21.9. The number of para-hydroxylation sites is 2. The van der Waals surface area contributed by atoms with Crippen LogP contribution in [0, 0.1) is 13.8 Å². The molecular formula is C55H62O2. The van der Waals surface area contributed by atoms with Gasteiger partial charge >= 0.3 is 0 Å². The Morgan fingerprint density at radius 2 is 0.807 bits per heavy atom. The van der Waals surface area contributed by atoms with E-state index in [9.17, 15) is 0 Å². The summed E-state index contributed by atoms with van der Waals surface area (Å²) in [6.07, 6.45) is 13.1. The standard InChI is InChI=1S/C55H62O2/c1-7-11-21-41-35-43(37-53(47(41)27-13-9-3)56-45-23-17-15-18-24-45)55(51-33-39(5)29-31-49(51)50-32-30-40(6)34-52(50)55)44-36-42(22-12-8-2)48(28-14-10-4)54(38-44)57-46-25-19-16-20-26-46/h15-20,23-26,29-38H,7-14,21-22,27-28H2,1-6H3. The maximum Gasteiger partial charge on any atom is 0.131 e. The molecule has 57 heavy (non-hydrogen) atoms. The van der Waals surface area contributed by atoms with Crippen LogP contribution in [0.25, 0.3) is 11.1 Å². The van der Waals surface area contributed by atoms with E-state index < -0.39 is 5.41 Å². The van der Waals surface area contributed by atoms with Crippen molar-refractivity contribution in [2.75, 3.05) is 0 Å². The van der Waals surface area contributed by atoms with Crippen LogP contribution < -0.4 is 9.47 Å². The van der Waals surface area contributed by atoms with Gasteiger partial charge in [-0.15, -0.1) is 0 Å². The van der Waals surface area contributed by atoms with Gasteiger partial charge in [-0.05, 0) is 157 Å². The second-order valence-electron chi connectivity index (χ2n) is 16.3. The van der Waals surface area contributed by atoms with Gasteiger partial charge in [-0.2, -0.15) is 0 Å². The van der Waals surface area contributed by atoms with Gasteiger partial charge in [0.05, 0.1) is 5.41 Å². The lowest BCUT2D eigenvalue weighted by Crippen LogP contribution is -2.30. The van der Waals surface area contributed by atoms with Gasteiger partial charge in [-0.1, -0.05) is 149 Å². The van der Waals surface area contributed by atoms with E-state index in [2.05, 4.69) is 163 Å². The van der Waals surface area contributed by atoms with E-state index in [-0.39, 0.29) is 0 Å². The normalized spacial score (nSPS) is 12.7. The van der Waals surface area contributed by atoms with Crippen LogP contribution >= 0.6 is 0 Å². The summed E-state index contributed by atoms with van der Waals surface area (Å²) in [5.41, 5.74) is 15.3. The molecule has 0 unspecified atom stereocenters. The Balaban J connectivity index is 1.62. The van der Waals surface area contributed by atoms with Gasteiger partial charge in [0, 0.05) is 0 Å². The molecule has 0 amide bonds. The number of hydrogen-bond acceptors (Lipinski definition) is 2. The topological polar surface area (TPSA) is 18.5 Å². The summed E-state index contributed by atoms with van der Waals surface area (Å²) in [4.78, 5) is 0. The molecule has 6 aromatic rings. The van der Waals surface area contributed by atoms with Crippen molar-refractivity contribution in [1.29, 1.82) is 0 Å². The number of unbranched alkanes of at least 4 members (excludes halogenated alkanes) is 4. The minimum Gasteiger partial charge on any atom is -0.457 e. The summed E-state index contributed by atoms with van der Waals surface area (Å²) in [5.74, 6) is 3.73. The zero-order valence-electron chi connectivity index (χ0n) is 35.3. The SMILES string of the molecule is CCCCc1cc(C2(c3cc(CCCC)c(CCCC)c(Oc4ccccc4)c3)c3cc(C)ccc3-c3ccc(C)cc32)cc(Oc2ccccc2)c1CCCC. The van der Waals surface area contributed by atoms with Crippen LogP contribution in [0.15, 0.2) is 121 Å². The van der Waals surface area contributed by atoms with Crippen molar-refractivity contribution < 1.29 is 9.47 Å². The van der Waals surface area contributed by atoms with Crippen LogP contribution in [-0.4, -0.2) is 0 Å². The molecule has 0 aromatic heterocycles. The Labute approximate surface area is 343 Å². The fraction of sp³-hybridized carbons (Fsp3) is 0.345. The monoisotopic (exact) mass is 754 g/mol. The van der Waals surface area contributed by atoms with Crippen LogP contribution in [0.2, 0.25) is 0 Å². The first-order valence-corrected chi connectivity index (χ1v) is 21.9. The van der Waals surface area contributed by atoms with Crippen LogP contribution in [0.5, 0.6) is 23.0 Å². The molecule has 0 radical (unpaired) electrons. The van der Waals surface area contributed by atoms with Crippen LogP contribution in [0.4, 0.5) is 0 Å². The predicted molar refractivity (Wildman–Crippen MR) is 241 cm³/mol. The molecule has 0 atom stereocenters. The molecule has 0 bridgehead atoms. The van der Waals surface area contributed by atoms with Crippen LogP contribution in [-0.2, 0) is 31.1 Å². The van der Waals surface area contributed by atoms with E-state index in [1.165, 1.54) is 66.8 Å². The highest BCUT2D eigenvalue weighted by Gasteiger charge is 2.47. The Kier molecular flexibility index (Phi) is 13.0. The third-order valence-electron chi connectivity index (χ3n) is 12.0. The summed E-state index contributed by atoms with van der Waals surface area (Å²) in [6.45, 7) is 13.7. The predicted octanol–water partition coefficient (Wildman–Crippen LogP) is 15.6. The van der Waals surface area contributed by atoms with Gasteiger partial charge in [0.25, 0.3) is 0 Å². The number of aryl methyl sites for hydroxylation is 4. The molecule has 0 N–H and O–H groups in total. The second-order valence-corrected chi connectivity index (χ2v) is 16.3. The third-order valence-corrected chi connectivity index (χ3v) is 12.0. The molecule has 6 aromatic carbocycles. The quantitative estimate of drug-likeness (QED) is 0.0868. The molecule has 0 fully saturated rings. The smallest absolute Gasteiger partial charge is 0.131 e. The molecule has 0 saturated carbocycles. The Bertz CT molecular complexity index is 2100. The van der Waals surface area contributed by atoms with E-state index in [0.29, 0.717) is 0 Å². The summed E-state index contributed by atoms with van der Waals surface area (Å²) in [6, 6.07) is 45.0. The van der Waals surface area contributed by atoms with E-state index in [4.69, 9.17) is 9.47 Å². The number of ether oxygens (including phenoxy) is 2. The Hall–Kier alpha value is -5.08. The molecule has 294 valence electrons. The highest BCUT2D eigenvalue weighted by molar-refractivity contribution is 5.87. The maximum absolute atomic E-state index is 7.05. The van der Waals surface area contributed by atoms with E-state index in [1.807, 2.05) is 0 Å². The second kappa shape index (κ2) is 18.5. The van der Waals surface area contributed by atoms with Gasteiger partial charge in [0.15, 0.2) is 0 Å². The number of rotatable bonds is 18. The van der Waals surface area contributed by atoms with Crippen molar-refractivity contribution in [3.63, 3.8) is 0 Å². The fourth-order valence-electron chi connectivity index (χ4n) is 9.05.